The van der Waals surface area contributed by atoms with E-state index in [0.29, 0.717) is 18.0 Å². The summed E-state index contributed by atoms with van der Waals surface area (Å²) in [7, 11) is 0. The van der Waals surface area contributed by atoms with E-state index in [0.717, 1.165) is 36.4 Å². The predicted octanol–water partition coefficient (Wildman–Crippen LogP) is 1.70. The highest BCUT2D eigenvalue weighted by Crippen LogP contribution is 2.37. The van der Waals surface area contributed by atoms with Crippen molar-refractivity contribution in [3.8, 4) is 0 Å². The van der Waals surface area contributed by atoms with Crippen molar-refractivity contribution >= 4 is 17.0 Å². The Labute approximate surface area is 117 Å². The summed E-state index contributed by atoms with van der Waals surface area (Å²) in [5.74, 6) is 1.52. The predicted molar refractivity (Wildman–Crippen MR) is 77.4 cm³/mol. The van der Waals surface area contributed by atoms with Crippen molar-refractivity contribution in [1.82, 2.24) is 19.5 Å². The van der Waals surface area contributed by atoms with Gasteiger partial charge in [-0.15, -0.1) is 0 Å². The van der Waals surface area contributed by atoms with Crippen LogP contribution in [-0.4, -0.2) is 32.1 Å². The van der Waals surface area contributed by atoms with E-state index in [9.17, 15) is 0 Å². The topological polar surface area (TPSA) is 81.7 Å². The average molecular weight is 272 g/mol. The number of hydrogen-bond acceptors (Lipinski definition) is 5. The van der Waals surface area contributed by atoms with Gasteiger partial charge in [0.1, 0.15) is 11.8 Å². The van der Waals surface area contributed by atoms with Crippen LogP contribution in [0.2, 0.25) is 0 Å². The van der Waals surface area contributed by atoms with Gasteiger partial charge in [0.25, 0.3) is 0 Å². The lowest BCUT2D eigenvalue weighted by Crippen LogP contribution is -2.19. The van der Waals surface area contributed by atoms with Gasteiger partial charge in [0.15, 0.2) is 11.5 Å². The fraction of sp³-hybridized carbons (Fsp3) is 0.643. The number of imidazole rings is 1. The molecule has 0 saturated heterocycles. The molecule has 2 unspecified atom stereocenters. The molecule has 0 amide bonds. The number of nitrogens with two attached hydrogens (primary N) is 1. The normalized spacial score (nSPS) is 26.2. The molecule has 6 nitrogen and oxygen atoms in total. The van der Waals surface area contributed by atoms with Gasteiger partial charge in [-0.25, -0.2) is 15.0 Å². The number of anilines is 1. The summed E-state index contributed by atoms with van der Waals surface area (Å²) >= 11 is 0. The minimum absolute atomic E-state index is 0.465. The first-order valence-corrected chi connectivity index (χ1v) is 7.49. The largest absolute Gasteiger partial charge is 0.365 e. The van der Waals surface area contributed by atoms with Crippen molar-refractivity contribution in [3.05, 3.63) is 12.7 Å². The molecule has 2 atom stereocenters. The zero-order valence-electron chi connectivity index (χ0n) is 11.5. The van der Waals surface area contributed by atoms with Gasteiger partial charge in [-0.1, -0.05) is 0 Å². The molecule has 0 spiro atoms. The van der Waals surface area contributed by atoms with Crippen LogP contribution in [0.25, 0.3) is 11.2 Å². The molecule has 2 aromatic heterocycles. The Kier molecular flexibility index (Phi) is 2.84. The summed E-state index contributed by atoms with van der Waals surface area (Å²) in [6.07, 6.45) is 9.51. The highest BCUT2D eigenvalue weighted by Gasteiger charge is 2.28. The third-order valence-corrected chi connectivity index (χ3v) is 4.51. The first-order valence-electron chi connectivity index (χ1n) is 7.49. The third-order valence-electron chi connectivity index (χ3n) is 4.51. The molecule has 106 valence electrons. The quantitative estimate of drug-likeness (QED) is 0.885. The fourth-order valence-corrected chi connectivity index (χ4v) is 3.19. The van der Waals surface area contributed by atoms with E-state index < -0.39 is 0 Å². The van der Waals surface area contributed by atoms with Crippen LogP contribution < -0.4 is 11.1 Å². The monoisotopic (exact) mass is 272 g/mol. The number of nitrogens with zero attached hydrogens (tertiary/aromatic N) is 4. The minimum Gasteiger partial charge on any atom is -0.365 e. The van der Waals surface area contributed by atoms with Crippen LogP contribution in [0.5, 0.6) is 0 Å². The lowest BCUT2D eigenvalue weighted by atomic mass is 10.1. The van der Waals surface area contributed by atoms with Crippen LogP contribution >= 0.6 is 0 Å². The molecule has 2 aliphatic carbocycles. The summed E-state index contributed by atoms with van der Waals surface area (Å²) in [6.45, 7) is 0.785. The number of hydrogen-bond donors (Lipinski definition) is 2. The zero-order valence-corrected chi connectivity index (χ0v) is 11.5. The van der Waals surface area contributed by atoms with E-state index in [4.69, 9.17) is 5.73 Å². The summed E-state index contributed by atoms with van der Waals surface area (Å²) in [6, 6.07) is 1.06. The maximum atomic E-state index is 5.75. The van der Waals surface area contributed by atoms with Crippen LogP contribution in [0.3, 0.4) is 0 Å². The van der Waals surface area contributed by atoms with Crippen LogP contribution in [0.1, 0.15) is 38.1 Å². The number of rotatable bonds is 4. The summed E-state index contributed by atoms with van der Waals surface area (Å²) < 4.78 is 2.18. The molecule has 20 heavy (non-hydrogen) atoms. The first kappa shape index (κ1) is 12.1. The molecule has 2 aromatic rings. The maximum absolute atomic E-state index is 5.75. The summed E-state index contributed by atoms with van der Waals surface area (Å²) in [4.78, 5) is 13.3. The average Bonchev–Trinajstić information content (AvgIpc) is 3.05. The molecule has 0 aromatic carbocycles. The second-order valence-electron chi connectivity index (χ2n) is 6.03. The van der Waals surface area contributed by atoms with Gasteiger partial charge in [-0.05, 0) is 44.6 Å². The van der Waals surface area contributed by atoms with Crippen LogP contribution in [0, 0.1) is 5.92 Å². The molecule has 2 fully saturated rings. The van der Waals surface area contributed by atoms with E-state index >= 15 is 0 Å². The molecular weight excluding hydrogens is 252 g/mol. The molecule has 0 aliphatic heterocycles. The molecule has 0 radical (unpaired) electrons. The van der Waals surface area contributed by atoms with Crippen molar-refractivity contribution in [1.29, 1.82) is 0 Å². The van der Waals surface area contributed by atoms with Gasteiger partial charge in [-0.3, -0.25) is 0 Å². The van der Waals surface area contributed by atoms with Crippen molar-refractivity contribution in [2.24, 2.45) is 11.7 Å². The van der Waals surface area contributed by atoms with E-state index in [1.807, 2.05) is 6.33 Å². The summed E-state index contributed by atoms with van der Waals surface area (Å²) in [5.41, 5.74) is 7.61. The second kappa shape index (κ2) is 4.70. The Morgan fingerprint density at radius 1 is 1.20 bits per heavy atom. The molecule has 2 heterocycles. The lowest BCUT2D eigenvalue weighted by Gasteiger charge is -2.13. The molecular formula is C14H20N6. The van der Waals surface area contributed by atoms with Gasteiger partial charge >= 0.3 is 0 Å². The van der Waals surface area contributed by atoms with Crippen LogP contribution in [0.15, 0.2) is 12.7 Å². The lowest BCUT2D eigenvalue weighted by molar-refractivity contribution is 0.555. The van der Waals surface area contributed by atoms with E-state index in [-0.39, 0.29) is 0 Å². The van der Waals surface area contributed by atoms with Gasteiger partial charge < -0.3 is 15.6 Å². The molecule has 2 saturated carbocycles. The van der Waals surface area contributed by atoms with Crippen molar-refractivity contribution in [2.45, 2.75) is 44.2 Å². The van der Waals surface area contributed by atoms with Gasteiger partial charge in [-0.2, -0.15) is 0 Å². The number of nitrogens with one attached hydrogen (secondary N) is 1. The molecule has 0 bridgehead atoms. The maximum Gasteiger partial charge on any atom is 0.165 e. The third kappa shape index (κ3) is 2.04. The molecule has 2 aliphatic rings. The Morgan fingerprint density at radius 3 is 2.85 bits per heavy atom. The second-order valence-corrected chi connectivity index (χ2v) is 6.03. The van der Waals surface area contributed by atoms with Gasteiger partial charge in [0.2, 0.25) is 0 Å². The van der Waals surface area contributed by atoms with Crippen LogP contribution in [-0.2, 0) is 0 Å². The standard InChI is InChI=1S/C14H20N6/c15-6-9-1-2-10(5-9)19-13-12-14(17-7-16-13)20(8-18-12)11-3-4-11/h7-11H,1-6,15H2,(H,16,17,19). The molecule has 3 N–H and O–H groups in total. The SMILES string of the molecule is NCC1CCC(Nc2ncnc3c2ncn3C2CC2)C1. The minimum atomic E-state index is 0.465. The van der Waals surface area contributed by atoms with Crippen molar-refractivity contribution < 1.29 is 0 Å². The highest BCUT2D eigenvalue weighted by atomic mass is 15.2. The summed E-state index contributed by atoms with van der Waals surface area (Å²) in [5, 5.41) is 3.54. The number of aromatic nitrogens is 4. The van der Waals surface area contributed by atoms with Crippen molar-refractivity contribution in [3.63, 3.8) is 0 Å². The van der Waals surface area contributed by atoms with Gasteiger partial charge in [0.05, 0.1) is 6.33 Å². The Morgan fingerprint density at radius 2 is 2.10 bits per heavy atom. The Hall–Kier alpha value is -1.69. The Bertz CT molecular complexity index is 617. The first-order chi connectivity index (χ1) is 9.85. The zero-order chi connectivity index (χ0) is 13.5. The van der Waals surface area contributed by atoms with Gasteiger partial charge in [0, 0.05) is 12.1 Å². The van der Waals surface area contributed by atoms with E-state index in [1.165, 1.54) is 19.3 Å². The smallest absolute Gasteiger partial charge is 0.165 e. The number of fused-ring (bicyclic) bond motifs is 1. The molecule has 6 heteroatoms. The Balaban J connectivity index is 1.60. The van der Waals surface area contributed by atoms with Crippen molar-refractivity contribution in [2.75, 3.05) is 11.9 Å². The molecule has 4 rings (SSSR count). The van der Waals surface area contributed by atoms with E-state index in [1.54, 1.807) is 6.33 Å². The van der Waals surface area contributed by atoms with Crippen LogP contribution in [0.4, 0.5) is 5.82 Å². The highest BCUT2D eigenvalue weighted by molar-refractivity contribution is 5.82. The van der Waals surface area contributed by atoms with E-state index in [2.05, 4.69) is 24.8 Å². The fourth-order valence-electron chi connectivity index (χ4n) is 3.19.